The number of carbonyl (C=O) groups excluding carboxylic acids is 1. The summed E-state index contributed by atoms with van der Waals surface area (Å²) in [6.45, 7) is 3.72. The Hall–Kier alpha value is -1.43. The number of rotatable bonds is 2. The van der Waals surface area contributed by atoms with Crippen molar-refractivity contribution in [2.24, 2.45) is 5.92 Å². The number of likely N-dealkylation sites (tertiary alicyclic amines) is 2. The van der Waals surface area contributed by atoms with Crippen LogP contribution in [-0.4, -0.2) is 63.9 Å². The highest BCUT2D eigenvalue weighted by atomic mass is 16.2. The summed E-state index contributed by atoms with van der Waals surface area (Å²) < 4.78 is 1.88. The van der Waals surface area contributed by atoms with E-state index in [-0.39, 0.29) is 5.92 Å². The first kappa shape index (κ1) is 12.6. The molecule has 2 saturated heterocycles. The van der Waals surface area contributed by atoms with Gasteiger partial charge < -0.3 is 9.80 Å². The Bertz CT molecular complexity index is 424. The number of aromatic nitrogens is 3. The number of carbonyl (C=O) groups is 1. The summed E-state index contributed by atoms with van der Waals surface area (Å²) in [7, 11) is 2.12. The van der Waals surface area contributed by atoms with Crippen molar-refractivity contribution in [1.82, 2.24) is 24.8 Å². The highest BCUT2D eigenvalue weighted by molar-refractivity contribution is 5.79. The van der Waals surface area contributed by atoms with E-state index >= 15 is 0 Å². The molecule has 1 aromatic rings. The van der Waals surface area contributed by atoms with Crippen molar-refractivity contribution >= 4 is 5.91 Å². The Balaban J connectivity index is 1.57. The molecule has 1 amide bonds. The van der Waals surface area contributed by atoms with E-state index in [1.807, 2.05) is 15.8 Å². The largest absolute Gasteiger partial charge is 0.340 e. The second-order valence-corrected chi connectivity index (χ2v) is 5.69. The lowest BCUT2D eigenvalue weighted by atomic mass is 9.96. The van der Waals surface area contributed by atoms with Gasteiger partial charge in [-0.3, -0.25) is 4.79 Å². The maximum Gasteiger partial charge on any atom is 0.225 e. The monoisotopic (exact) mass is 263 g/mol. The minimum Gasteiger partial charge on any atom is -0.340 e. The number of hydrogen-bond donors (Lipinski definition) is 0. The van der Waals surface area contributed by atoms with Gasteiger partial charge in [-0.25, -0.2) is 4.68 Å². The van der Waals surface area contributed by atoms with Crippen LogP contribution in [0.4, 0.5) is 0 Å². The zero-order chi connectivity index (χ0) is 13.2. The number of hydrogen-bond acceptors (Lipinski definition) is 4. The second kappa shape index (κ2) is 5.28. The zero-order valence-electron chi connectivity index (χ0n) is 11.4. The summed E-state index contributed by atoms with van der Waals surface area (Å²) in [5.74, 6) is 0.571. The molecule has 104 valence electrons. The topological polar surface area (TPSA) is 54.3 Å². The van der Waals surface area contributed by atoms with Gasteiger partial charge in [-0.2, -0.15) is 0 Å². The Morgan fingerprint density at radius 2 is 2.00 bits per heavy atom. The van der Waals surface area contributed by atoms with Crippen molar-refractivity contribution in [3.63, 3.8) is 0 Å². The van der Waals surface area contributed by atoms with Crippen LogP contribution in [0.25, 0.3) is 0 Å². The number of piperidine rings is 1. The fraction of sp³-hybridized carbons (Fsp3) is 0.769. The van der Waals surface area contributed by atoms with E-state index in [0.717, 1.165) is 45.4 Å². The van der Waals surface area contributed by atoms with Crippen LogP contribution in [0.15, 0.2) is 12.4 Å². The predicted molar refractivity (Wildman–Crippen MR) is 70.5 cm³/mol. The molecular formula is C13H21N5O. The van der Waals surface area contributed by atoms with Crippen LogP contribution in [0.2, 0.25) is 0 Å². The molecule has 1 aromatic heterocycles. The van der Waals surface area contributed by atoms with Gasteiger partial charge in [0.25, 0.3) is 0 Å². The van der Waals surface area contributed by atoms with Crippen LogP contribution in [-0.2, 0) is 4.79 Å². The fourth-order valence-electron chi connectivity index (χ4n) is 3.08. The highest BCUT2D eigenvalue weighted by Gasteiger charge is 2.33. The molecular weight excluding hydrogens is 242 g/mol. The molecule has 19 heavy (non-hydrogen) atoms. The van der Waals surface area contributed by atoms with Crippen LogP contribution in [0.5, 0.6) is 0 Å². The molecule has 0 aliphatic carbocycles. The molecule has 6 heteroatoms. The molecule has 3 heterocycles. The van der Waals surface area contributed by atoms with Gasteiger partial charge >= 0.3 is 0 Å². The number of nitrogens with zero attached hydrogens (tertiary/aromatic N) is 5. The fourth-order valence-corrected chi connectivity index (χ4v) is 3.08. The Kier molecular flexibility index (Phi) is 3.50. The number of amides is 1. The van der Waals surface area contributed by atoms with Gasteiger partial charge in [-0.05, 0) is 39.4 Å². The van der Waals surface area contributed by atoms with Crippen molar-refractivity contribution in [1.29, 1.82) is 0 Å². The van der Waals surface area contributed by atoms with Gasteiger partial charge in [0.1, 0.15) is 0 Å². The molecule has 0 radical (unpaired) electrons. The predicted octanol–water partition coefficient (Wildman–Crippen LogP) is 0.393. The average molecular weight is 263 g/mol. The Morgan fingerprint density at radius 1 is 1.21 bits per heavy atom. The van der Waals surface area contributed by atoms with Crippen molar-refractivity contribution in [2.75, 3.05) is 33.2 Å². The maximum atomic E-state index is 12.5. The standard InChI is InChI=1S/C13H21N5O/c1-16-6-2-11(3-7-16)13(19)17-8-4-12(10-17)18-9-5-14-15-18/h5,9,11-12H,2-4,6-8,10H2,1H3. The molecule has 3 rings (SSSR count). The van der Waals surface area contributed by atoms with Crippen LogP contribution in [0.3, 0.4) is 0 Å². The quantitative estimate of drug-likeness (QED) is 0.775. The van der Waals surface area contributed by atoms with Crippen LogP contribution in [0.1, 0.15) is 25.3 Å². The molecule has 6 nitrogen and oxygen atoms in total. The molecule has 2 aliphatic heterocycles. The second-order valence-electron chi connectivity index (χ2n) is 5.69. The molecule has 0 bridgehead atoms. The summed E-state index contributed by atoms with van der Waals surface area (Å²) in [4.78, 5) is 16.8. The minimum atomic E-state index is 0.227. The lowest BCUT2D eigenvalue weighted by Gasteiger charge is -2.30. The van der Waals surface area contributed by atoms with E-state index in [0.29, 0.717) is 11.9 Å². The smallest absolute Gasteiger partial charge is 0.225 e. The Labute approximate surface area is 113 Å². The van der Waals surface area contributed by atoms with E-state index in [9.17, 15) is 4.79 Å². The Morgan fingerprint density at radius 3 is 2.68 bits per heavy atom. The first-order chi connectivity index (χ1) is 9.24. The molecule has 1 unspecified atom stereocenters. The molecule has 0 spiro atoms. The van der Waals surface area contributed by atoms with Crippen molar-refractivity contribution < 1.29 is 4.79 Å². The molecule has 0 saturated carbocycles. The lowest BCUT2D eigenvalue weighted by Crippen LogP contribution is -2.40. The van der Waals surface area contributed by atoms with E-state index in [1.54, 1.807) is 6.20 Å². The van der Waals surface area contributed by atoms with E-state index in [2.05, 4.69) is 22.3 Å². The molecule has 1 atom stereocenters. The van der Waals surface area contributed by atoms with Crippen LogP contribution >= 0.6 is 0 Å². The third kappa shape index (κ3) is 2.63. The lowest BCUT2D eigenvalue weighted by molar-refractivity contribution is -0.136. The van der Waals surface area contributed by atoms with E-state index < -0.39 is 0 Å². The van der Waals surface area contributed by atoms with Gasteiger partial charge in [-0.15, -0.1) is 5.10 Å². The third-order valence-electron chi connectivity index (χ3n) is 4.36. The van der Waals surface area contributed by atoms with Crippen molar-refractivity contribution in [3.05, 3.63) is 12.4 Å². The van der Waals surface area contributed by atoms with Crippen molar-refractivity contribution in [2.45, 2.75) is 25.3 Å². The summed E-state index contributed by atoms with van der Waals surface area (Å²) in [6, 6.07) is 0.303. The molecule has 2 fully saturated rings. The molecule has 2 aliphatic rings. The van der Waals surface area contributed by atoms with Gasteiger partial charge in [0.2, 0.25) is 5.91 Å². The molecule has 0 aromatic carbocycles. The summed E-state index contributed by atoms with van der Waals surface area (Å²) in [5.41, 5.74) is 0. The summed E-state index contributed by atoms with van der Waals surface area (Å²) in [5, 5.41) is 7.88. The summed E-state index contributed by atoms with van der Waals surface area (Å²) in [6.07, 6.45) is 6.57. The van der Waals surface area contributed by atoms with Crippen LogP contribution in [0, 0.1) is 5.92 Å². The van der Waals surface area contributed by atoms with E-state index in [1.165, 1.54) is 0 Å². The van der Waals surface area contributed by atoms with Crippen LogP contribution < -0.4 is 0 Å². The normalized spacial score (nSPS) is 25.9. The molecule has 0 N–H and O–H groups in total. The SMILES string of the molecule is CN1CCC(C(=O)N2CCC(n3ccnn3)C2)CC1. The average Bonchev–Trinajstić information content (AvgIpc) is 3.10. The van der Waals surface area contributed by atoms with Gasteiger partial charge in [0.05, 0.1) is 12.2 Å². The first-order valence-corrected chi connectivity index (χ1v) is 7.07. The third-order valence-corrected chi connectivity index (χ3v) is 4.36. The highest BCUT2D eigenvalue weighted by Crippen LogP contribution is 2.25. The van der Waals surface area contributed by atoms with E-state index in [4.69, 9.17) is 0 Å². The zero-order valence-corrected chi connectivity index (χ0v) is 11.4. The maximum absolute atomic E-state index is 12.5. The minimum absolute atomic E-state index is 0.227. The first-order valence-electron chi connectivity index (χ1n) is 7.07. The van der Waals surface area contributed by atoms with Gasteiger partial charge in [-0.1, -0.05) is 5.21 Å². The van der Waals surface area contributed by atoms with Gasteiger partial charge in [0, 0.05) is 25.2 Å². The summed E-state index contributed by atoms with van der Waals surface area (Å²) >= 11 is 0. The van der Waals surface area contributed by atoms with Gasteiger partial charge in [0.15, 0.2) is 0 Å². The van der Waals surface area contributed by atoms with Crippen molar-refractivity contribution in [3.8, 4) is 0 Å².